The third kappa shape index (κ3) is 3.62. The molecule has 0 aliphatic heterocycles. The minimum atomic E-state index is -0.430. The third-order valence-electron chi connectivity index (χ3n) is 2.62. The van der Waals surface area contributed by atoms with Gasteiger partial charge in [0, 0.05) is 11.0 Å². The zero-order valence-electron chi connectivity index (χ0n) is 10.4. The molecular weight excluding hydrogens is 312 g/mol. The highest BCUT2D eigenvalue weighted by Gasteiger charge is 2.15. The topological polar surface area (TPSA) is 64.2 Å². The van der Waals surface area contributed by atoms with Crippen molar-refractivity contribution in [3.05, 3.63) is 56.7 Å². The van der Waals surface area contributed by atoms with E-state index in [4.69, 9.17) is 0 Å². The molecule has 0 atom stereocenters. The number of nitrogens with zero attached hydrogens (tertiary/aromatic N) is 4. The maximum Gasteiger partial charge on any atom is 0.346 e. The monoisotopic (exact) mass is 324 g/mol. The minimum Gasteiger partial charge on any atom is -0.358 e. The van der Waals surface area contributed by atoms with Gasteiger partial charge in [-0.15, -0.1) is 4.68 Å². The molecule has 1 aromatic carbocycles. The summed E-state index contributed by atoms with van der Waals surface area (Å²) in [6.45, 7) is 1.07. The fraction of sp³-hybridized carbons (Fsp3) is 0.250. The Bertz CT molecular complexity index is 567. The Morgan fingerprint density at radius 2 is 2.05 bits per heavy atom. The summed E-state index contributed by atoms with van der Waals surface area (Å²) in [4.78, 5) is 12.3. The zero-order chi connectivity index (χ0) is 13.8. The molecule has 0 radical (unpaired) electrons. The lowest BCUT2D eigenvalue weighted by Gasteiger charge is -2.14. The SMILES string of the molecule is CN(Cc1ccc(Br)cc1)Cn1nccc1[N+](=O)[O-]. The number of hydrogen-bond acceptors (Lipinski definition) is 4. The highest BCUT2D eigenvalue weighted by atomic mass is 79.9. The fourth-order valence-corrected chi connectivity index (χ4v) is 2.03. The summed E-state index contributed by atoms with van der Waals surface area (Å²) in [5.74, 6) is 0.00246. The van der Waals surface area contributed by atoms with Crippen molar-refractivity contribution < 1.29 is 4.92 Å². The lowest BCUT2D eigenvalue weighted by Crippen LogP contribution is -2.23. The first kappa shape index (κ1) is 13.7. The molecule has 0 aliphatic rings. The standard InChI is InChI=1S/C12H13BrN4O2/c1-15(8-10-2-4-11(13)5-3-10)9-16-12(17(18)19)6-7-14-16/h2-7H,8-9H2,1H3. The summed E-state index contributed by atoms with van der Waals surface area (Å²) in [6.07, 6.45) is 1.44. The molecule has 0 bridgehead atoms. The van der Waals surface area contributed by atoms with Crippen molar-refractivity contribution >= 4 is 21.7 Å². The number of aromatic nitrogens is 2. The van der Waals surface area contributed by atoms with E-state index in [1.807, 2.05) is 36.2 Å². The van der Waals surface area contributed by atoms with Gasteiger partial charge >= 0.3 is 5.82 Å². The first-order valence-electron chi connectivity index (χ1n) is 5.65. The highest BCUT2D eigenvalue weighted by molar-refractivity contribution is 9.10. The molecule has 0 aliphatic carbocycles. The lowest BCUT2D eigenvalue weighted by atomic mass is 10.2. The van der Waals surface area contributed by atoms with Crippen molar-refractivity contribution in [1.29, 1.82) is 0 Å². The average Bonchev–Trinajstić information content (AvgIpc) is 2.80. The van der Waals surface area contributed by atoms with Crippen molar-refractivity contribution in [2.24, 2.45) is 0 Å². The number of nitro groups is 1. The van der Waals surface area contributed by atoms with E-state index in [1.54, 1.807) is 0 Å². The molecule has 19 heavy (non-hydrogen) atoms. The fourth-order valence-electron chi connectivity index (χ4n) is 1.77. The number of hydrogen-bond donors (Lipinski definition) is 0. The molecule has 6 nitrogen and oxygen atoms in total. The molecule has 2 aromatic rings. The normalized spacial score (nSPS) is 10.9. The minimum absolute atomic E-state index is 0.00246. The van der Waals surface area contributed by atoms with Crippen LogP contribution in [0, 0.1) is 10.1 Å². The van der Waals surface area contributed by atoms with E-state index < -0.39 is 4.92 Å². The summed E-state index contributed by atoms with van der Waals surface area (Å²) >= 11 is 3.38. The predicted molar refractivity (Wildman–Crippen MR) is 74.5 cm³/mol. The summed E-state index contributed by atoms with van der Waals surface area (Å²) in [5.41, 5.74) is 1.14. The summed E-state index contributed by atoms with van der Waals surface area (Å²) in [7, 11) is 1.90. The van der Waals surface area contributed by atoms with Gasteiger partial charge in [0.05, 0.1) is 12.3 Å². The summed E-state index contributed by atoms with van der Waals surface area (Å²) in [5, 5.41) is 14.7. The highest BCUT2D eigenvalue weighted by Crippen LogP contribution is 2.13. The van der Waals surface area contributed by atoms with Crippen molar-refractivity contribution in [2.45, 2.75) is 13.2 Å². The molecular formula is C12H13BrN4O2. The molecule has 0 spiro atoms. The van der Waals surface area contributed by atoms with Crippen LogP contribution < -0.4 is 0 Å². The van der Waals surface area contributed by atoms with Crippen molar-refractivity contribution in [2.75, 3.05) is 7.05 Å². The molecule has 0 saturated carbocycles. The first-order valence-corrected chi connectivity index (χ1v) is 6.45. The second-order valence-corrected chi connectivity index (χ2v) is 5.14. The Hall–Kier alpha value is -1.73. The number of rotatable bonds is 5. The average molecular weight is 325 g/mol. The molecule has 1 heterocycles. The summed E-state index contributed by atoms with van der Waals surface area (Å²) < 4.78 is 2.40. The molecule has 0 N–H and O–H groups in total. The second-order valence-electron chi connectivity index (χ2n) is 4.23. The van der Waals surface area contributed by atoms with E-state index in [9.17, 15) is 10.1 Å². The van der Waals surface area contributed by atoms with Gasteiger partial charge in [-0.05, 0) is 29.7 Å². The van der Waals surface area contributed by atoms with Crippen LogP contribution in [-0.2, 0) is 13.2 Å². The quantitative estimate of drug-likeness (QED) is 0.626. The van der Waals surface area contributed by atoms with Gasteiger partial charge < -0.3 is 10.1 Å². The van der Waals surface area contributed by atoms with Gasteiger partial charge in [0.25, 0.3) is 0 Å². The van der Waals surface area contributed by atoms with Crippen LogP contribution in [0.2, 0.25) is 0 Å². The van der Waals surface area contributed by atoms with E-state index >= 15 is 0 Å². The maximum atomic E-state index is 10.8. The Morgan fingerprint density at radius 1 is 1.37 bits per heavy atom. The number of halogens is 1. The van der Waals surface area contributed by atoms with Crippen LogP contribution in [-0.4, -0.2) is 26.7 Å². The van der Waals surface area contributed by atoms with Crippen LogP contribution in [0.5, 0.6) is 0 Å². The van der Waals surface area contributed by atoms with Crippen LogP contribution in [0.15, 0.2) is 41.0 Å². The van der Waals surface area contributed by atoms with Crippen molar-refractivity contribution in [1.82, 2.24) is 14.7 Å². The van der Waals surface area contributed by atoms with E-state index in [0.29, 0.717) is 13.2 Å². The molecule has 2 rings (SSSR count). The smallest absolute Gasteiger partial charge is 0.346 e. The third-order valence-corrected chi connectivity index (χ3v) is 3.15. The van der Waals surface area contributed by atoms with Crippen LogP contribution in [0.4, 0.5) is 5.82 Å². The number of benzene rings is 1. The van der Waals surface area contributed by atoms with Gasteiger partial charge in [-0.2, -0.15) is 0 Å². The van der Waals surface area contributed by atoms with Crippen LogP contribution in [0.3, 0.4) is 0 Å². The maximum absolute atomic E-state index is 10.8. The van der Waals surface area contributed by atoms with E-state index in [0.717, 1.165) is 10.0 Å². The largest absolute Gasteiger partial charge is 0.358 e. The Balaban J connectivity index is 2.01. The zero-order valence-corrected chi connectivity index (χ0v) is 11.9. The molecule has 0 unspecified atom stereocenters. The predicted octanol–water partition coefficient (Wildman–Crippen LogP) is 2.64. The second kappa shape index (κ2) is 5.94. The molecule has 0 fully saturated rings. The van der Waals surface area contributed by atoms with E-state index in [2.05, 4.69) is 21.0 Å². The van der Waals surface area contributed by atoms with E-state index in [1.165, 1.54) is 16.9 Å². The summed E-state index contributed by atoms with van der Waals surface area (Å²) in [6, 6.07) is 9.36. The van der Waals surface area contributed by atoms with Gasteiger partial charge in [0.2, 0.25) is 0 Å². The Labute approximate surface area is 118 Å². The van der Waals surface area contributed by atoms with Crippen LogP contribution >= 0.6 is 15.9 Å². The van der Waals surface area contributed by atoms with Gasteiger partial charge in [-0.3, -0.25) is 4.90 Å². The molecule has 7 heteroatoms. The molecule has 100 valence electrons. The Morgan fingerprint density at radius 3 is 2.68 bits per heavy atom. The van der Waals surface area contributed by atoms with Crippen molar-refractivity contribution in [3.63, 3.8) is 0 Å². The van der Waals surface area contributed by atoms with Gasteiger partial charge in [0.1, 0.15) is 0 Å². The van der Waals surface area contributed by atoms with Crippen LogP contribution in [0.25, 0.3) is 0 Å². The van der Waals surface area contributed by atoms with Gasteiger partial charge in [0.15, 0.2) is 6.67 Å². The molecule has 0 saturated heterocycles. The van der Waals surface area contributed by atoms with Crippen LogP contribution in [0.1, 0.15) is 5.56 Å². The van der Waals surface area contributed by atoms with E-state index in [-0.39, 0.29) is 5.82 Å². The molecule has 0 amide bonds. The first-order chi connectivity index (χ1) is 9.06. The molecule has 1 aromatic heterocycles. The lowest BCUT2D eigenvalue weighted by molar-refractivity contribution is -0.393. The van der Waals surface area contributed by atoms with Gasteiger partial charge in [-0.1, -0.05) is 33.2 Å². The van der Waals surface area contributed by atoms with Gasteiger partial charge in [-0.25, -0.2) is 0 Å². The Kier molecular flexibility index (Phi) is 4.28. The van der Waals surface area contributed by atoms with Crippen molar-refractivity contribution in [3.8, 4) is 0 Å².